The van der Waals surface area contributed by atoms with Gasteiger partial charge in [0.15, 0.2) is 5.82 Å². The van der Waals surface area contributed by atoms with Gasteiger partial charge in [-0.1, -0.05) is 24.3 Å². The van der Waals surface area contributed by atoms with Crippen molar-refractivity contribution in [2.75, 3.05) is 0 Å². The minimum Gasteiger partial charge on any atom is -0.308 e. The molecule has 3 heterocycles. The molecule has 6 nitrogen and oxygen atoms in total. The van der Waals surface area contributed by atoms with E-state index in [1.807, 2.05) is 0 Å². The van der Waals surface area contributed by atoms with Crippen LogP contribution >= 0.6 is 0 Å². The Morgan fingerprint density at radius 2 is 0.480 bits per heavy atom. The van der Waals surface area contributed by atoms with Crippen LogP contribution < -0.4 is 0 Å². The zero-order chi connectivity index (χ0) is 71.3. The van der Waals surface area contributed by atoms with Crippen LogP contribution in [-0.4, -0.2) is 24.1 Å². The van der Waals surface area contributed by atoms with E-state index >= 15 is 0 Å². The predicted molar refractivity (Wildman–Crippen MR) is 310 cm³/mol. The number of fused-ring (bicyclic) bond motifs is 6. The van der Waals surface area contributed by atoms with E-state index < -0.39 is 122 Å². The second-order valence-corrected chi connectivity index (χ2v) is 22.5. The van der Waals surface area contributed by atoms with Crippen molar-refractivity contribution in [3.8, 4) is 73.3 Å². The number of hydrogen-bond donors (Lipinski definition) is 0. The van der Waals surface area contributed by atoms with Gasteiger partial charge in [-0.05, 0) is 192 Å². The van der Waals surface area contributed by atoms with Crippen LogP contribution in [0.1, 0.15) is 61.7 Å². The summed E-state index contributed by atoms with van der Waals surface area (Å²) in [5.74, 6) is -0.0680. The molecule has 0 amide bonds. The van der Waals surface area contributed by atoms with Crippen molar-refractivity contribution in [1.82, 2.24) is 24.1 Å². The highest BCUT2D eigenvalue weighted by Gasteiger charge is 2.42. The van der Waals surface area contributed by atoms with Gasteiger partial charge in [-0.3, -0.25) is 0 Å². The van der Waals surface area contributed by atoms with E-state index in [0.29, 0.717) is 48.5 Å². The average molecular weight is 1390 g/mol. The summed E-state index contributed by atoms with van der Waals surface area (Å²) in [6.45, 7) is 2.87. The Kier molecular flexibility index (Phi) is 15.6. The fourth-order valence-corrected chi connectivity index (χ4v) is 11.7. The lowest BCUT2D eigenvalue weighted by molar-refractivity contribution is -0.144. The largest absolute Gasteiger partial charge is 0.416 e. The summed E-state index contributed by atoms with van der Waals surface area (Å²) >= 11 is 0. The van der Waals surface area contributed by atoms with Gasteiger partial charge in [0, 0.05) is 27.1 Å². The van der Waals surface area contributed by atoms with Gasteiger partial charge in [0.2, 0.25) is 0 Å². The smallest absolute Gasteiger partial charge is 0.308 e. The van der Waals surface area contributed by atoms with E-state index in [2.05, 4.69) is 21.0 Å². The molecule has 0 atom stereocenters. The summed E-state index contributed by atoms with van der Waals surface area (Å²) in [7, 11) is 0. The molecule has 0 saturated carbocycles. The van der Waals surface area contributed by atoms with Crippen LogP contribution in [0.3, 0.4) is 0 Å². The van der Waals surface area contributed by atoms with Gasteiger partial charge in [-0.25, -0.2) is 15.0 Å². The van der Waals surface area contributed by atoms with Crippen molar-refractivity contribution in [1.29, 1.82) is 5.26 Å². The van der Waals surface area contributed by atoms with Gasteiger partial charge in [-0.2, -0.15) is 111 Å². The molecular formula is C68H32F24N6. The topological polar surface area (TPSA) is 72.3 Å². The van der Waals surface area contributed by atoms with Gasteiger partial charge in [0.1, 0.15) is 23.3 Å². The summed E-state index contributed by atoms with van der Waals surface area (Å²) in [5.41, 5.74) is -20.2. The zero-order valence-electron chi connectivity index (χ0n) is 48.8. The van der Waals surface area contributed by atoms with Gasteiger partial charge in [0.05, 0.1) is 77.9 Å². The lowest BCUT2D eigenvalue weighted by Gasteiger charge is -2.18. The van der Waals surface area contributed by atoms with Crippen LogP contribution in [0.25, 0.3) is 111 Å². The molecule has 0 N–H and O–H groups in total. The molecule has 98 heavy (non-hydrogen) atoms. The maximum Gasteiger partial charge on any atom is 0.416 e. The van der Waals surface area contributed by atoms with Crippen LogP contribution in [0.5, 0.6) is 0 Å². The number of aromatic nitrogens is 5. The second kappa shape index (κ2) is 22.8. The maximum absolute atomic E-state index is 14.4. The molecule has 0 radical (unpaired) electrons. The molecule has 0 unspecified atom stereocenters. The van der Waals surface area contributed by atoms with Crippen LogP contribution in [0.15, 0.2) is 158 Å². The summed E-state index contributed by atoms with van der Waals surface area (Å²) in [5, 5.41) is 10.9. The molecule has 0 aliphatic carbocycles. The van der Waals surface area contributed by atoms with Crippen LogP contribution in [0, 0.1) is 25.2 Å². The fraction of sp³-hybridized carbons (Fsp3) is 0.147. The number of nitriles is 1. The lowest BCUT2D eigenvalue weighted by atomic mass is 9.96. The number of alkyl halides is 24. The third-order valence-corrected chi connectivity index (χ3v) is 16.0. The monoisotopic (exact) mass is 1390 g/mol. The molecule has 0 fully saturated rings. The van der Waals surface area contributed by atoms with Gasteiger partial charge < -0.3 is 9.13 Å². The molecule has 0 aliphatic heterocycles. The van der Waals surface area contributed by atoms with E-state index in [-0.39, 0.29) is 125 Å². The lowest BCUT2D eigenvalue weighted by Crippen LogP contribution is -2.11. The molecule has 12 aromatic rings. The predicted octanol–water partition coefficient (Wildman–Crippen LogP) is 23.0. The van der Waals surface area contributed by atoms with Crippen LogP contribution in [-0.2, 0) is 49.4 Å². The van der Waals surface area contributed by atoms with Gasteiger partial charge in [0.25, 0.3) is 0 Å². The quantitative estimate of drug-likeness (QED) is 0.149. The standard InChI is InChI=1S/C68H32F24N6/c1-30-94-31(2)96-60(95-30)40-23-58(97-54-7-3-32(36-11-41(61(69,70)71)25-42(12-36)62(72,73)74)19-49(54)50-20-33(4-8-55(50)97)37-13-43(63(75,76)77)26-44(14-37)64(78,79)80)53(29-93)59(24-40)98-56-9-5-34(38-15-45(65(81,82)83)27-46(16-38)66(84,85)86)21-51(56)52-22-35(6-10-57(52)98)39-17-47(67(87,88)89)28-48(18-39)68(90,91)92/h3-28H,1-2H3. The second-order valence-electron chi connectivity index (χ2n) is 22.5. The minimum absolute atomic E-state index is 0.0619. The molecule has 0 saturated heterocycles. The molecule has 502 valence electrons. The molecule has 3 aromatic heterocycles. The van der Waals surface area contributed by atoms with Crippen molar-refractivity contribution in [2.45, 2.75) is 63.3 Å². The highest BCUT2D eigenvalue weighted by molar-refractivity contribution is 6.14. The van der Waals surface area contributed by atoms with E-state index in [0.717, 1.165) is 72.8 Å². The number of aryl methyl sites for hydroxylation is 2. The SMILES string of the molecule is Cc1nc(C)nc(-c2cc(-n3c4ccc(-c5cc(C(F)(F)F)cc(C(F)(F)F)c5)cc4c4cc(-c5cc(C(F)(F)F)cc(C(F)(F)F)c5)ccc43)c(C#N)c(-n3c4ccc(-c5cc(C(F)(F)F)cc(C(F)(F)F)c5)cc4c4cc(-c5cc(C(F)(F)F)cc(C(F)(F)F)c5)ccc43)c2)n1. The van der Waals surface area contributed by atoms with E-state index in [9.17, 15) is 111 Å². The van der Waals surface area contributed by atoms with Gasteiger partial charge >= 0.3 is 49.4 Å². The van der Waals surface area contributed by atoms with Crippen molar-refractivity contribution in [3.05, 3.63) is 219 Å². The molecular weight excluding hydrogens is 1360 g/mol. The first-order valence-electron chi connectivity index (χ1n) is 28.0. The molecule has 0 spiro atoms. The highest BCUT2D eigenvalue weighted by Crippen LogP contribution is 2.49. The Bertz CT molecular complexity index is 4610. The fourth-order valence-electron chi connectivity index (χ4n) is 11.7. The third kappa shape index (κ3) is 12.6. The number of rotatable bonds is 7. The molecule has 30 heteroatoms. The number of nitrogens with zero attached hydrogens (tertiary/aromatic N) is 6. The molecule has 0 bridgehead atoms. The Balaban J connectivity index is 1.21. The number of halogens is 24. The van der Waals surface area contributed by atoms with Crippen LogP contribution in [0.4, 0.5) is 105 Å². The van der Waals surface area contributed by atoms with Crippen LogP contribution in [0.2, 0.25) is 0 Å². The molecule has 9 aromatic carbocycles. The van der Waals surface area contributed by atoms with Crippen molar-refractivity contribution >= 4 is 43.6 Å². The van der Waals surface area contributed by atoms with Crippen molar-refractivity contribution < 1.29 is 105 Å². The Morgan fingerprint density at radius 1 is 0.265 bits per heavy atom. The van der Waals surface area contributed by atoms with E-state index in [4.69, 9.17) is 0 Å². The van der Waals surface area contributed by atoms with Crippen molar-refractivity contribution in [2.24, 2.45) is 0 Å². The first-order chi connectivity index (χ1) is 45.3. The molecule has 0 aliphatic rings. The average Bonchev–Trinajstić information content (AvgIpc) is 1.53. The first kappa shape index (κ1) is 67.4. The maximum atomic E-state index is 14.4. The Hall–Kier alpha value is -10.6. The Morgan fingerprint density at radius 3 is 0.673 bits per heavy atom. The summed E-state index contributed by atoms with van der Waals surface area (Å²) in [6.07, 6.45) is -43.1. The van der Waals surface area contributed by atoms with E-state index in [1.165, 1.54) is 35.1 Å². The third-order valence-electron chi connectivity index (χ3n) is 16.0. The zero-order valence-corrected chi connectivity index (χ0v) is 48.8. The summed E-state index contributed by atoms with van der Waals surface area (Å²) in [4.78, 5) is 13.1. The first-order valence-corrected chi connectivity index (χ1v) is 28.0. The van der Waals surface area contributed by atoms with Gasteiger partial charge in [-0.15, -0.1) is 0 Å². The number of hydrogen-bond acceptors (Lipinski definition) is 4. The summed E-state index contributed by atoms with van der Waals surface area (Å²) < 4.78 is 348. The summed E-state index contributed by atoms with van der Waals surface area (Å²) in [6, 6.07) is 20.0. The highest BCUT2D eigenvalue weighted by atomic mass is 19.4. The van der Waals surface area contributed by atoms with Crippen molar-refractivity contribution in [3.63, 3.8) is 0 Å². The number of benzene rings is 9. The minimum atomic E-state index is -5.38. The molecule has 12 rings (SSSR count). The Labute approximate surface area is 532 Å². The van der Waals surface area contributed by atoms with E-state index in [1.54, 1.807) is 0 Å². The normalized spacial score (nSPS) is 13.2.